The van der Waals surface area contributed by atoms with E-state index in [9.17, 15) is 5.11 Å². The lowest BCUT2D eigenvalue weighted by atomic mass is 10.1. The van der Waals surface area contributed by atoms with Gasteiger partial charge in [0.2, 0.25) is 5.88 Å². The van der Waals surface area contributed by atoms with E-state index in [1.807, 2.05) is 7.05 Å². The Hall–Kier alpha value is -1.39. The molecule has 0 amide bonds. The molecule has 112 valence electrons. The number of fused-ring (bicyclic) bond motifs is 1. The number of phenols is 1. The van der Waals surface area contributed by atoms with E-state index in [1.54, 1.807) is 4.68 Å². The average Bonchev–Trinajstić information content (AvgIpc) is 2.62. The maximum absolute atomic E-state index is 9.71. The second-order valence-corrected chi connectivity index (χ2v) is 6.07. The van der Waals surface area contributed by atoms with E-state index in [0.717, 1.165) is 36.9 Å². The van der Waals surface area contributed by atoms with Crippen molar-refractivity contribution in [3.8, 4) is 17.4 Å². The zero-order valence-electron chi connectivity index (χ0n) is 11.7. The van der Waals surface area contributed by atoms with Gasteiger partial charge in [-0.05, 0) is 31.7 Å². The Morgan fingerprint density at radius 3 is 2.71 bits per heavy atom. The molecule has 0 spiro atoms. The third kappa shape index (κ3) is 2.83. The molecule has 0 aliphatic heterocycles. The van der Waals surface area contributed by atoms with E-state index in [-0.39, 0.29) is 10.8 Å². The van der Waals surface area contributed by atoms with E-state index in [0.29, 0.717) is 16.7 Å². The van der Waals surface area contributed by atoms with Crippen molar-refractivity contribution >= 4 is 23.2 Å². The lowest BCUT2D eigenvalue weighted by Gasteiger charge is -2.11. The molecule has 1 aliphatic rings. The first-order chi connectivity index (χ1) is 10.1. The summed E-state index contributed by atoms with van der Waals surface area (Å²) in [5.41, 5.74) is 2.24. The molecular weight excluding hydrogens is 311 g/mol. The van der Waals surface area contributed by atoms with Crippen molar-refractivity contribution in [3.63, 3.8) is 0 Å². The van der Waals surface area contributed by atoms with Crippen LogP contribution >= 0.6 is 23.2 Å². The minimum atomic E-state index is -0.0516. The molecule has 0 radical (unpaired) electrons. The minimum Gasteiger partial charge on any atom is -0.506 e. The van der Waals surface area contributed by atoms with Crippen LogP contribution in [-0.2, 0) is 19.9 Å². The van der Waals surface area contributed by atoms with Crippen molar-refractivity contribution in [2.75, 3.05) is 0 Å². The van der Waals surface area contributed by atoms with E-state index in [2.05, 4.69) is 5.10 Å². The van der Waals surface area contributed by atoms with Crippen molar-refractivity contribution in [2.24, 2.45) is 7.05 Å². The summed E-state index contributed by atoms with van der Waals surface area (Å²) in [5.74, 6) is 1.02. The number of aromatic hydroxyl groups is 1. The number of benzene rings is 1. The molecule has 4 nitrogen and oxygen atoms in total. The quantitative estimate of drug-likeness (QED) is 0.827. The molecule has 0 unspecified atom stereocenters. The van der Waals surface area contributed by atoms with Crippen LogP contribution in [0.25, 0.3) is 0 Å². The number of aromatic nitrogens is 2. The molecule has 0 saturated carbocycles. The van der Waals surface area contributed by atoms with Gasteiger partial charge < -0.3 is 9.84 Å². The highest BCUT2D eigenvalue weighted by atomic mass is 35.5. The number of nitrogens with zero attached hydrogens (tertiary/aromatic N) is 2. The monoisotopic (exact) mass is 326 g/mol. The van der Waals surface area contributed by atoms with Crippen LogP contribution in [0, 0.1) is 0 Å². The molecule has 1 N–H and O–H groups in total. The van der Waals surface area contributed by atoms with Gasteiger partial charge in [0, 0.05) is 18.7 Å². The number of ether oxygens (including phenoxy) is 1. The Balaban J connectivity index is 1.99. The van der Waals surface area contributed by atoms with Crippen LogP contribution in [0.1, 0.15) is 30.5 Å². The number of rotatable bonds is 2. The van der Waals surface area contributed by atoms with Crippen molar-refractivity contribution in [3.05, 3.63) is 33.4 Å². The van der Waals surface area contributed by atoms with E-state index >= 15 is 0 Å². The van der Waals surface area contributed by atoms with Gasteiger partial charge in [-0.2, -0.15) is 5.10 Å². The Kier molecular flexibility index (Phi) is 4.00. The standard InChI is InChI=1S/C15H16Cl2N2O2/c1-19-15(9-5-3-2-4-6-12(9)18-19)21-14-8-13(20)10(16)7-11(14)17/h7-8,20H,2-6H2,1H3. The molecule has 21 heavy (non-hydrogen) atoms. The van der Waals surface area contributed by atoms with Gasteiger partial charge in [-0.3, -0.25) is 0 Å². The molecule has 0 bridgehead atoms. The van der Waals surface area contributed by atoms with Gasteiger partial charge in [-0.25, -0.2) is 4.68 Å². The Bertz CT molecular complexity index is 683. The molecule has 1 aromatic heterocycles. The van der Waals surface area contributed by atoms with Crippen LogP contribution in [0.2, 0.25) is 10.0 Å². The lowest BCUT2D eigenvalue weighted by molar-refractivity contribution is 0.417. The Morgan fingerprint density at radius 2 is 1.90 bits per heavy atom. The zero-order chi connectivity index (χ0) is 15.0. The minimum absolute atomic E-state index is 0.0516. The fourth-order valence-corrected chi connectivity index (χ4v) is 3.08. The molecule has 0 fully saturated rings. The van der Waals surface area contributed by atoms with Crippen LogP contribution < -0.4 is 4.74 Å². The third-order valence-corrected chi connectivity index (χ3v) is 4.32. The van der Waals surface area contributed by atoms with Crippen molar-refractivity contribution in [1.29, 1.82) is 0 Å². The van der Waals surface area contributed by atoms with Crippen LogP contribution in [-0.4, -0.2) is 14.9 Å². The average molecular weight is 327 g/mol. The maximum atomic E-state index is 9.71. The van der Waals surface area contributed by atoms with Crippen LogP contribution in [0.5, 0.6) is 17.4 Å². The Morgan fingerprint density at radius 1 is 1.14 bits per heavy atom. The number of phenolic OH excluding ortho intramolecular Hbond substituents is 1. The maximum Gasteiger partial charge on any atom is 0.221 e. The molecule has 1 aromatic carbocycles. The second-order valence-electron chi connectivity index (χ2n) is 5.25. The van der Waals surface area contributed by atoms with Crippen molar-refractivity contribution in [2.45, 2.75) is 32.1 Å². The fourth-order valence-electron chi connectivity index (χ4n) is 2.66. The van der Waals surface area contributed by atoms with Crippen LogP contribution in [0.3, 0.4) is 0 Å². The van der Waals surface area contributed by atoms with Gasteiger partial charge in [0.1, 0.15) is 5.75 Å². The number of hydrogen-bond donors (Lipinski definition) is 1. The first-order valence-corrected chi connectivity index (χ1v) is 7.72. The highest BCUT2D eigenvalue weighted by Gasteiger charge is 2.21. The SMILES string of the molecule is Cn1nc2c(c1Oc1cc(O)c(Cl)cc1Cl)CCCCC2. The largest absolute Gasteiger partial charge is 0.506 e. The van der Waals surface area contributed by atoms with Crippen LogP contribution in [0.4, 0.5) is 0 Å². The van der Waals surface area contributed by atoms with E-state index < -0.39 is 0 Å². The molecule has 6 heteroatoms. The highest BCUT2D eigenvalue weighted by Crippen LogP contribution is 2.39. The van der Waals surface area contributed by atoms with Gasteiger partial charge in [0.25, 0.3) is 0 Å². The van der Waals surface area contributed by atoms with Crippen molar-refractivity contribution < 1.29 is 9.84 Å². The first kappa shape index (κ1) is 14.5. The molecule has 1 aliphatic carbocycles. The molecule has 0 atom stereocenters. The summed E-state index contributed by atoms with van der Waals surface area (Å²) >= 11 is 12.0. The highest BCUT2D eigenvalue weighted by molar-refractivity contribution is 6.36. The summed E-state index contributed by atoms with van der Waals surface area (Å²) in [5, 5.41) is 14.8. The van der Waals surface area contributed by atoms with Crippen molar-refractivity contribution in [1.82, 2.24) is 9.78 Å². The summed E-state index contributed by atoms with van der Waals surface area (Å²) in [6.45, 7) is 0. The van der Waals surface area contributed by atoms with Gasteiger partial charge in [-0.15, -0.1) is 0 Å². The summed E-state index contributed by atoms with van der Waals surface area (Å²) in [4.78, 5) is 0. The third-order valence-electron chi connectivity index (χ3n) is 3.72. The fraction of sp³-hybridized carbons (Fsp3) is 0.400. The van der Waals surface area contributed by atoms with Gasteiger partial charge in [0.15, 0.2) is 5.75 Å². The van der Waals surface area contributed by atoms with Gasteiger partial charge in [-0.1, -0.05) is 29.6 Å². The number of aryl methyl sites for hydroxylation is 2. The van der Waals surface area contributed by atoms with Crippen LogP contribution in [0.15, 0.2) is 12.1 Å². The van der Waals surface area contributed by atoms with Gasteiger partial charge in [0.05, 0.1) is 15.7 Å². The molecular formula is C15H16Cl2N2O2. The predicted molar refractivity (Wildman–Crippen MR) is 82.7 cm³/mol. The summed E-state index contributed by atoms with van der Waals surface area (Å²) < 4.78 is 7.65. The summed E-state index contributed by atoms with van der Waals surface area (Å²) in [6, 6.07) is 2.91. The number of halogens is 2. The molecule has 1 heterocycles. The number of hydrogen-bond acceptors (Lipinski definition) is 3. The summed E-state index contributed by atoms with van der Waals surface area (Å²) in [7, 11) is 1.85. The van der Waals surface area contributed by atoms with Gasteiger partial charge >= 0.3 is 0 Å². The first-order valence-electron chi connectivity index (χ1n) is 6.97. The zero-order valence-corrected chi connectivity index (χ0v) is 13.2. The predicted octanol–water partition coefficient (Wildman–Crippen LogP) is 4.49. The lowest BCUT2D eigenvalue weighted by Crippen LogP contribution is -1.98. The second kappa shape index (κ2) is 5.78. The molecule has 2 aromatic rings. The smallest absolute Gasteiger partial charge is 0.221 e. The summed E-state index contributed by atoms with van der Waals surface area (Å²) in [6.07, 6.45) is 5.43. The molecule has 0 saturated heterocycles. The van der Waals surface area contributed by atoms with E-state index in [1.165, 1.54) is 18.6 Å². The topological polar surface area (TPSA) is 47.3 Å². The molecule has 3 rings (SSSR count). The normalized spacial score (nSPS) is 14.6. The Labute approximate surface area is 133 Å². The van der Waals surface area contributed by atoms with E-state index in [4.69, 9.17) is 27.9 Å².